The normalized spacial score (nSPS) is 10.6. The van der Waals surface area contributed by atoms with Crippen LogP contribution in [0.4, 0.5) is 4.39 Å². The molecule has 0 aliphatic rings. The summed E-state index contributed by atoms with van der Waals surface area (Å²) in [5, 5.41) is 9.29. The molecule has 0 N–H and O–H groups in total. The van der Waals surface area contributed by atoms with Gasteiger partial charge in [0.25, 0.3) is 0 Å². The van der Waals surface area contributed by atoms with Crippen LogP contribution in [0.2, 0.25) is 5.02 Å². The van der Waals surface area contributed by atoms with E-state index in [1.54, 1.807) is 6.07 Å². The molecule has 0 unspecified atom stereocenters. The quantitative estimate of drug-likeness (QED) is 0.771. The van der Waals surface area contributed by atoms with Gasteiger partial charge in [-0.2, -0.15) is 0 Å². The van der Waals surface area contributed by atoms with E-state index >= 15 is 0 Å². The molecule has 0 fully saturated rings. The highest BCUT2D eigenvalue weighted by atomic mass is 35.5. The second-order valence-electron chi connectivity index (χ2n) is 2.76. The Morgan fingerprint density at radius 3 is 2.73 bits per heavy atom. The first-order valence-electron chi connectivity index (χ1n) is 4.04. The van der Waals surface area contributed by atoms with Gasteiger partial charge in [0.2, 0.25) is 0 Å². The van der Waals surface area contributed by atoms with Crippen molar-refractivity contribution in [2.75, 3.05) is 0 Å². The molecule has 0 spiro atoms. The number of nitrogens with zero attached hydrogens (tertiary/aromatic N) is 2. The molecule has 2 nitrogen and oxygen atoms in total. The van der Waals surface area contributed by atoms with Gasteiger partial charge in [-0.15, -0.1) is 21.8 Å². The average molecular weight is 263 g/mol. The lowest BCUT2D eigenvalue weighted by atomic mass is 10.2. The summed E-state index contributed by atoms with van der Waals surface area (Å²) in [6.45, 7) is 0. The van der Waals surface area contributed by atoms with Gasteiger partial charge in [0, 0.05) is 5.56 Å². The maximum absolute atomic E-state index is 12.9. The van der Waals surface area contributed by atoms with Crippen LogP contribution in [0.15, 0.2) is 18.2 Å². The molecule has 15 heavy (non-hydrogen) atoms. The van der Waals surface area contributed by atoms with Crippen molar-refractivity contribution in [2.24, 2.45) is 0 Å². The third-order valence-electron chi connectivity index (χ3n) is 1.75. The molecule has 0 aliphatic heterocycles. The van der Waals surface area contributed by atoms with Crippen molar-refractivity contribution in [3.8, 4) is 10.6 Å². The third kappa shape index (κ3) is 2.27. The topological polar surface area (TPSA) is 25.8 Å². The Morgan fingerprint density at radius 2 is 2.13 bits per heavy atom. The van der Waals surface area contributed by atoms with Gasteiger partial charge >= 0.3 is 0 Å². The Bertz CT molecular complexity index is 487. The maximum atomic E-state index is 12.9. The van der Waals surface area contributed by atoms with Crippen molar-refractivity contribution in [2.45, 2.75) is 5.88 Å². The van der Waals surface area contributed by atoms with Crippen LogP contribution in [0.3, 0.4) is 0 Å². The second kappa shape index (κ2) is 4.43. The second-order valence-corrected chi connectivity index (χ2v) is 4.50. The van der Waals surface area contributed by atoms with Gasteiger partial charge in [-0.3, -0.25) is 0 Å². The molecule has 0 aliphatic carbocycles. The van der Waals surface area contributed by atoms with E-state index in [9.17, 15) is 4.39 Å². The minimum absolute atomic E-state index is 0.0788. The summed E-state index contributed by atoms with van der Waals surface area (Å²) in [4.78, 5) is 0. The average Bonchev–Trinajstić information content (AvgIpc) is 2.70. The Kier molecular flexibility index (Phi) is 3.19. The van der Waals surface area contributed by atoms with Crippen LogP contribution in [0.1, 0.15) is 5.01 Å². The number of alkyl halides is 1. The summed E-state index contributed by atoms with van der Waals surface area (Å²) < 4.78 is 12.9. The van der Waals surface area contributed by atoms with E-state index in [2.05, 4.69) is 10.2 Å². The summed E-state index contributed by atoms with van der Waals surface area (Å²) in [5.41, 5.74) is 0.746. The van der Waals surface area contributed by atoms with Crippen LogP contribution >= 0.6 is 34.5 Å². The zero-order chi connectivity index (χ0) is 10.8. The van der Waals surface area contributed by atoms with E-state index in [0.29, 0.717) is 10.9 Å². The number of hydrogen-bond acceptors (Lipinski definition) is 3. The monoisotopic (exact) mass is 262 g/mol. The van der Waals surface area contributed by atoms with Crippen molar-refractivity contribution in [1.29, 1.82) is 0 Å². The molecule has 0 atom stereocenters. The summed E-state index contributed by atoms with van der Waals surface area (Å²) in [6, 6.07) is 4.44. The molecular formula is C9H5Cl2FN2S. The predicted octanol–water partition coefficient (Wildman–Crippen LogP) is 3.74. The minimum atomic E-state index is -0.442. The standard InChI is InChI=1S/C9H5Cl2FN2S/c10-4-8-13-14-9(15-8)5-1-2-7(12)6(11)3-5/h1-3H,4H2. The molecule has 78 valence electrons. The highest BCUT2D eigenvalue weighted by molar-refractivity contribution is 7.14. The van der Waals surface area contributed by atoms with Crippen molar-refractivity contribution < 1.29 is 4.39 Å². The highest BCUT2D eigenvalue weighted by Gasteiger charge is 2.08. The maximum Gasteiger partial charge on any atom is 0.147 e. The number of halogens is 3. The van der Waals surface area contributed by atoms with Crippen molar-refractivity contribution in [3.05, 3.63) is 34.0 Å². The molecule has 0 saturated carbocycles. The van der Waals surface area contributed by atoms with Gasteiger partial charge in [0.05, 0.1) is 10.9 Å². The fourth-order valence-corrected chi connectivity index (χ4v) is 2.14. The van der Waals surface area contributed by atoms with Crippen LogP contribution in [-0.4, -0.2) is 10.2 Å². The highest BCUT2D eigenvalue weighted by Crippen LogP contribution is 2.27. The van der Waals surface area contributed by atoms with Gasteiger partial charge in [0.15, 0.2) is 0 Å². The predicted molar refractivity (Wildman–Crippen MR) is 59.9 cm³/mol. The van der Waals surface area contributed by atoms with Crippen LogP contribution in [0.5, 0.6) is 0 Å². The van der Waals surface area contributed by atoms with E-state index in [1.165, 1.54) is 23.5 Å². The van der Waals surface area contributed by atoms with Gasteiger partial charge in [0.1, 0.15) is 15.8 Å². The zero-order valence-corrected chi connectivity index (χ0v) is 9.70. The Labute approximate surface area is 99.7 Å². The van der Waals surface area contributed by atoms with Crippen LogP contribution in [0.25, 0.3) is 10.6 Å². The van der Waals surface area contributed by atoms with Crippen LogP contribution in [0, 0.1) is 5.82 Å². The lowest BCUT2D eigenvalue weighted by Gasteiger charge is -1.96. The lowest BCUT2D eigenvalue weighted by molar-refractivity contribution is 0.628. The molecular weight excluding hydrogens is 258 g/mol. The first kappa shape index (κ1) is 10.8. The third-order valence-corrected chi connectivity index (χ3v) is 3.42. The summed E-state index contributed by atoms with van der Waals surface area (Å²) >= 11 is 12.6. The summed E-state index contributed by atoms with van der Waals surface area (Å²) in [5.74, 6) is -0.116. The fourth-order valence-electron chi connectivity index (χ4n) is 1.05. The fraction of sp³-hybridized carbons (Fsp3) is 0.111. The molecule has 0 saturated heterocycles. The first-order valence-corrected chi connectivity index (χ1v) is 5.77. The van der Waals surface area contributed by atoms with Gasteiger partial charge in [-0.05, 0) is 18.2 Å². The van der Waals surface area contributed by atoms with E-state index in [-0.39, 0.29) is 5.02 Å². The molecule has 2 rings (SSSR count). The molecule has 1 aromatic heterocycles. The molecule has 0 amide bonds. The minimum Gasteiger partial charge on any atom is -0.205 e. The first-order chi connectivity index (χ1) is 7.20. The van der Waals surface area contributed by atoms with Crippen LogP contribution < -0.4 is 0 Å². The molecule has 2 aromatic rings. The van der Waals surface area contributed by atoms with Gasteiger partial charge in [-0.1, -0.05) is 22.9 Å². The lowest BCUT2D eigenvalue weighted by Crippen LogP contribution is -1.80. The molecule has 1 aromatic carbocycles. The Morgan fingerprint density at radius 1 is 1.33 bits per heavy atom. The largest absolute Gasteiger partial charge is 0.205 e. The van der Waals surface area contributed by atoms with Crippen molar-refractivity contribution in [1.82, 2.24) is 10.2 Å². The van der Waals surface area contributed by atoms with E-state index in [4.69, 9.17) is 23.2 Å². The van der Waals surface area contributed by atoms with Gasteiger partial charge < -0.3 is 0 Å². The van der Waals surface area contributed by atoms with Gasteiger partial charge in [-0.25, -0.2) is 4.39 Å². The van der Waals surface area contributed by atoms with E-state index in [1.807, 2.05) is 0 Å². The summed E-state index contributed by atoms with van der Waals surface area (Å²) in [6.07, 6.45) is 0. The Hall–Kier alpha value is -0.710. The van der Waals surface area contributed by atoms with Crippen molar-refractivity contribution in [3.63, 3.8) is 0 Å². The number of benzene rings is 1. The number of aromatic nitrogens is 2. The smallest absolute Gasteiger partial charge is 0.147 e. The number of rotatable bonds is 2. The summed E-state index contributed by atoms with van der Waals surface area (Å²) in [7, 11) is 0. The van der Waals surface area contributed by atoms with Crippen LogP contribution in [-0.2, 0) is 5.88 Å². The van der Waals surface area contributed by atoms with Crippen molar-refractivity contribution >= 4 is 34.5 Å². The number of hydrogen-bond donors (Lipinski definition) is 0. The Balaban J connectivity index is 2.40. The SMILES string of the molecule is Fc1ccc(-c2nnc(CCl)s2)cc1Cl. The molecule has 0 radical (unpaired) electrons. The molecule has 1 heterocycles. The van der Waals surface area contributed by atoms with E-state index in [0.717, 1.165) is 10.6 Å². The zero-order valence-electron chi connectivity index (χ0n) is 7.38. The molecule has 0 bridgehead atoms. The molecule has 6 heteroatoms. The van der Waals surface area contributed by atoms with E-state index < -0.39 is 5.82 Å².